The molecule has 0 saturated heterocycles. The number of rotatable bonds is 6. The zero-order valence-corrected chi connectivity index (χ0v) is 14.8. The molecule has 0 saturated carbocycles. The molecule has 25 heavy (non-hydrogen) atoms. The summed E-state index contributed by atoms with van der Waals surface area (Å²) in [6.45, 7) is 1.58. The van der Waals surface area contributed by atoms with Crippen molar-refractivity contribution >= 4 is 29.2 Å². The molecular formula is C18H18ClNO5. The summed E-state index contributed by atoms with van der Waals surface area (Å²) < 4.78 is 15.1. The fourth-order valence-electron chi connectivity index (χ4n) is 2.05. The van der Waals surface area contributed by atoms with Crippen molar-refractivity contribution in [2.24, 2.45) is 0 Å². The number of nitrogens with one attached hydrogen (secondary N) is 1. The highest BCUT2D eigenvalue weighted by atomic mass is 35.5. The van der Waals surface area contributed by atoms with Gasteiger partial charge in [0, 0.05) is 11.3 Å². The van der Waals surface area contributed by atoms with E-state index < -0.39 is 12.1 Å². The average molecular weight is 364 g/mol. The van der Waals surface area contributed by atoms with E-state index in [2.05, 4.69) is 10.1 Å². The first-order valence-corrected chi connectivity index (χ1v) is 7.82. The summed E-state index contributed by atoms with van der Waals surface area (Å²) in [6.07, 6.45) is -0.730. The van der Waals surface area contributed by atoms with E-state index in [1.54, 1.807) is 49.4 Å². The quantitative estimate of drug-likeness (QED) is 0.794. The molecule has 7 heteroatoms. The molecule has 1 amide bonds. The highest BCUT2D eigenvalue weighted by Gasteiger charge is 2.15. The van der Waals surface area contributed by atoms with E-state index in [4.69, 9.17) is 21.1 Å². The average Bonchev–Trinajstić information content (AvgIpc) is 2.61. The molecule has 0 bridgehead atoms. The van der Waals surface area contributed by atoms with Gasteiger partial charge in [-0.1, -0.05) is 11.6 Å². The van der Waals surface area contributed by atoms with Gasteiger partial charge in [0.25, 0.3) is 5.91 Å². The Morgan fingerprint density at radius 1 is 1.08 bits per heavy atom. The number of halogens is 1. The molecule has 0 aliphatic carbocycles. The van der Waals surface area contributed by atoms with Crippen molar-refractivity contribution in [2.45, 2.75) is 13.0 Å². The van der Waals surface area contributed by atoms with Crippen LogP contribution in [0.2, 0.25) is 5.02 Å². The van der Waals surface area contributed by atoms with Crippen LogP contribution >= 0.6 is 11.6 Å². The van der Waals surface area contributed by atoms with Gasteiger partial charge in [0.2, 0.25) is 0 Å². The Morgan fingerprint density at radius 3 is 2.32 bits per heavy atom. The Hall–Kier alpha value is -2.73. The van der Waals surface area contributed by atoms with Crippen LogP contribution in [0.5, 0.6) is 11.5 Å². The number of ether oxygens (including phenoxy) is 3. The third kappa shape index (κ3) is 4.87. The van der Waals surface area contributed by atoms with Gasteiger partial charge in [-0.3, -0.25) is 4.79 Å². The molecular weight excluding hydrogens is 346 g/mol. The summed E-state index contributed by atoms with van der Waals surface area (Å²) in [4.78, 5) is 23.6. The Balaban J connectivity index is 2.03. The van der Waals surface area contributed by atoms with Gasteiger partial charge in [-0.05, 0) is 49.4 Å². The minimum Gasteiger partial charge on any atom is -0.495 e. The van der Waals surface area contributed by atoms with E-state index in [9.17, 15) is 9.59 Å². The minimum absolute atomic E-state index is 0.297. The van der Waals surface area contributed by atoms with Crippen molar-refractivity contribution < 1.29 is 23.8 Å². The van der Waals surface area contributed by atoms with Gasteiger partial charge >= 0.3 is 5.97 Å². The van der Waals surface area contributed by atoms with Gasteiger partial charge in [-0.2, -0.15) is 0 Å². The zero-order chi connectivity index (χ0) is 18.4. The standard InChI is InChI=1S/C18H18ClNO5/c1-11(18(22)24-3)25-14-7-4-12(5-8-14)17(21)20-13-6-9-16(23-2)15(19)10-13/h4-11H,1-3H3,(H,20,21). The smallest absolute Gasteiger partial charge is 0.346 e. The monoisotopic (exact) mass is 363 g/mol. The number of benzene rings is 2. The number of hydrogen-bond acceptors (Lipinski definition) is 5. The number of esters is 1. The van der Waals surface area contributed by atoms with Gasteiger partial charge < -0.3 is 19.5 Å². The number of hydrogen-bond donors (Lipinski definition) is 1. The molecule has 2 aromatic rings. The van der Waals surface area contributed by atoms with E-state index in [1.165, 1.54) is 14.2 Å². The highest BCUT2D eigenvalue weighted by Crippen LogP contribution is 2.27. The van der Waals surface area contributed by atoms with Crippen molar-refractivity contribution in [3.63, 3.8) is 0 Å². The Bertz CT molecular complexity index is 761. The summed E-state index contributed by atoms with van der Waals surface area (Å²) in [5, 5.41) is 3.15. The molecule has 0 aliphatic rings. The van der Waals surface area contributed by atoms with Crippen molar-refractivity contribution in [1.82, 2.24) is 0 Å². The normalized spacial score (nSPS) is 11.4. The van der Waals surface area contributed by atoms with Crippen LogP contribution in [-0.2, 0) is 9.53 Å². The maximum atomic E-state index is 12.3. The molecule has 0 fully saturated rings. The van der Waals surface area contributed by atoms with Crippen molar-refractivity contribution in [1.29, 1.82) is 0 Å². The van der Waals surface area contributed by atoms with Crippen LogP contribution in [-0.4, -0.2) is 32.2 Å². The Labute approximate surface area is 150 Å². The second-order valence-corrected chi connectivity index (χ2v) is 5.52. The van der Waals surface area contributed by atoms with Gasteiger partial charge in [0.15, 0.2) is 6.10 Å². The van der Waals surface area contributed by atoms with Crippen molar-refractivity contribution in [3.8, 4) is 11.5 Å². The van der Waals surface area contributed by atoms with Crippen LogP contribution in [0.15, 0.2) is 42.5 Å². The molecule has 1 atom stereocenters. The molecule has 2 rings (SSSR count). The first-order chi connectivity index (χ1) is 11.9. The lowest BCUT2D eigenvalue weighted by atomic mass is 10.2. The maximum absolute atomic E-state index is 12.3. The predicted octanol–water partition coefficient (Wildman–Crippen LogP) is 3.54. The summed E-state index contributed by atoms with van der Waals surface area (Å²) in [7, 11) is 2.81. The molecule has 0 aromatic heterocycles. The topological polar surface area (TPSA) is 73.9 Å². The van der Waals surface area contributed by atoms with Crippen LogP contribution in [0.3, 0.4) is 0 Å². The van der Waals surface area contributed by atoms with E-state index >= 15 is 0 Å². The van der Waals surface area contributed by atoms with Gasteiger partial charge in [0.1, 0.15) is 11.5 Å². The molecule has 0 aliphatic heterocycles. The summed E-state index contributed by atoms with van der Waals surface area (Å²) >= 11 is 6.04. The minimum atomic E-state index is -0.730. The van der Waals surface area contributed by atoms with Crippen molar-refractivity contribution in [3.05, 3.63) is 53.1 Å². The first kappa shape index (κ1) is 18.6. The number of carbonyl (C=O) groups is 2. The first-order valence-electron chi connectivity index (χ1n) is 7.44. The second kappa shape index (κ2) is 8.39. The number of anilines is 1. The Kier molecular flexibility index (Phi) is 6.25. The number of methoxy groups -OCH3 is 2. The van der Waals surface area contributed by atoms with Crippen LogP contribution in [0, 0.1) is 0 Å². The van der Waals surface area contributed by atoms with Crippen molar-refractivity contribution in [2.75, 3.05) is 19.5 Å². The van der Waals surface area contributed by atoms with Crippen LogP contribution in [0.25, 0.3) is 0 Å². The van der Waals surface area contributed by atoms with E-state index in [-0.39, 0.29) is 5.91 Å². The van der Waals surface area contributed by atoms with E-state index in [1.807, 2.05) is 0 Å². The maximum Gasteiger partial charge on any atom is 0.346 e. The zero-order valence-electron chi connectivity index (χ0n) is 14.0. The van der Waals surface area contributed by atoms with E-state index in [0.29, 0.717) is 27.8 Å². The molecule has 0 radical (unpaired) electrons. The van der Waals surface area contributed by atoms with E-state index in [0.717, 1.165) is 0 Å². The van der Waals surface area contributed by atoms with Crippen LogP contribution < -0.4 is 14.8 Å². The SMILES string of the molecule is COC(=O)C(C)Oc1ccc(C(=O)Nc2ccc(OC)c(Cl)c2)cc1. The Morgan fingerprint density at radius 2 is 1.76 bits per heavy atom. The molecule has 6 nitrogen and oxygen atoms in total. The lowest BCUT2D eigenvalue weighted by Gasteiger charge is -2.12. The molecule has 1 unspecified atom stereocenters. The molecule has 2 aromatic carbocycles. The number of amides is 1. The van der Waals surface area contributed by atoms with Gasteiger partial charge in [0.05, 0.1) is 19.2 Å². The molecule has 132 valence electrons. The highest BCUT2D eigenvalue weighted by molar-refractivity contribution is 6.32. The molecule has 0 heterocycles. The second-order valence-electron chi connectivity index (χ2n) is 5.11. The fourth-order valence-corrected chi connectivity index (χ4v) is 2.31. The predicted molar refractivity (Wildman–Crippen MR) is 94.5 cm³/mol. The summed E-state index contributed by atoms with van der Waals surface area (Å²) in [5.74, 6) is 0.217. The lowest BCUT2D eigenvalue weighted by Crippen LogP contribution is -2.24. The molecule has 1 N–H and O–H groups in total. The fraction of sp³-hybridized carbons (Fsp3) is 0.222. The van der Waals surface area contributed by atoms with Crippen LogP contribution in [0.1, 0.15) is 17.3 Å². The third-order valence-corrected chi connectivity index (χ3v) is 3.67. The van der Waals surface area contributed by atoms with Crippen LogP contribution in [0.4, 0.5) is 5.69 Å². The third-order valence-electron chi connectivity index (χ3n) is 3.37. The molecule has 0 spiro atoms. The van der Waals surface area contributed by atoms with Gasteiger partial charge in [-0.25, -0.2) is 4.79 Å². The summed E-state index contributed by atoms with van der Waals surface area (Å²) in [5.41, 5.74) is 0.987. The number of carbonyl (C=O) groups excluding carboxylic acids is 2. The largest absolute Gasteiger partial charge is 0.495 e. The van der Waals surface area contributed by atoms with Gasteiger partial charge in [-0.15, -0.1) is 0 Å². The summed E-state index contributed by atoms with van der Waals surface area (Å²) in [6, 6.07) is 11.4. The lowest BCUT2D eigenvalue weighted by molar-refractivity contribution is -0.147.